The van der Waals surface area contributed by atoms with Gasteiger partial charge in [0.1, 0.15) is 12.8 Å². The maximum absolute atomic E-state index is 12.7. The first kappa shape index (κ1) is 28.3. The van der Waals surface area contributed by atoms with E-state index < -0.39 is 18.9 Å². The van der Waals surface area contributed by atoms with Gasteiger partial charge in [-0.15, -0.1) is 0 Å². The van der Waals surface area contributed by atoms with Crippen LogP contribution in [0.5, 0.6) is 0 Å². The molecule has 3 aromatic rings. The molecule has 40 heavy (non-hydrogen) atoms. The second-order valence-electron chi connectivity index (χ2n) is 11.1. The minimum absolute atomic E-state index is 0.287. The zero-order valence-corrected chi connectivity index (χ0v) is 24.1. The van der Waals surface area contributed by atoms with Crippen LogP contribution in [0.2, 0.25) is 0 Å². The average molecular weight is 553 g/mol. The molecule has 1 atom stereocenters. The summed E-state index contributed by atoms with van der Waals surface area (Å²) in [6.07, 6.45) is 6.52. The van der Waals surface area contributed by atoms with Crippen LogP contribution in [-0.4, -0.2) is 95.2 Å². The van der Waals surface area contributed by atoms with E-state index in [1.54, 1.807) is 18.0 Å². The predicted octanol–water partition coefficient (Wildman–Crippen LogP) is 4.75. The molecule has 10 heteroatoms. The van der Waals surface area contributed by atoms with Gasteiger partial charge >= 0.3 is 6.09 Å². The van der Waals surface area contributed by atoms with E-state index in [0.29, 0.717) is 38.8 Å². The quantitative estimate of drug-likeness (QED) is 0.399. The van der Waals surface area contributed by atoms with Crippen LogP contribution in [0.4, 0.5) is 14.9 Å². The van der Waals surface area contributed by atoms with Crippen LogP contribution in [0.15, 0.2) is 42.9 Å². The van der Waals surface area contributed by atoms with Crippen LogP contribution in [0, 0.1) is 0 Å². The van der Waals surface area contributed by atoms with E-state index in [2.05, 4.69) is 53.9 Å². The lowest BCUT2D eigenvalue weighted by atomic mass is 9.84. The molecule has 3 aromatic heterocycles. The van der Waals surface area contributed by atoms with E-state index in [0.717, 1.165) is 54.0 Å². The highest BCUT2D eigenvalue weighted by Crippen LogP contribution is 2.38. The lowest BCUT2D eigenvalue weighted by molar-refractivity contribution is -0.0888. The molecule has 2 aliphatic rings. The van der Waals surface area contributed by atoms with E-state index in [9.17, 15) is 9.18 Å². The van der Waals surface area contributed by atoms with Crippen LogP contribution < -0.4 is 4.90 Å². The van der Waals surface area contributed by atoms with Crippen LogP contribution in [-0.2, 0) is 15.1 Å². The molecule has 5 rings (SSSR count). The van der Waals surface area contributed by atoms with Gasteiger partial charge in [-0.25, -0.2) is 13.7 Å². The second-order valence-corrected chi connectivity index (χ2v) is 11.1. The zero-order valence-electron chi connectivity index (χ0n) is 24.1. The fraction of sp³-hybridized carbons (Fsp3) is 0.567. The first-order valence-corrected chi connectivity index (χ1v) is 14.4. The molecule has 0 unspecified atom stereocenters. The first-order valence-electron chi connectivity index (χ1n) is 14.4. The van der Waals surface area contributed by atoms with Crippen molar-refractivity contribution in [3.8, 4) is 11.3 Å². The van der Waals surface area contributed by atoms with Crippen molar-refractivity contribution in [2.75, 3.05) is 57.4 Å². The molecule has 0 spiro atoms. The number of anilines is 1. The van der Waals surface area contributed by atoms with E-state index in [1.807, 2.05) is 23.0 Å². The zero-order chi connectivity index (χ0) is 28.3. The third kappa shape index (κ3) is 5.78. The standard InChI is InChI=1S/C30H41FN6O3/c1-5-39-30(9-12-34(13-10-30)22(2)3)25-6-7-26(32-20-25)24-18-28-27(8-11-33-37(28)21-24)35-14-16-36(17-15-35)29(38)40-23(4)19-31/h6-8,11,18,20-23H,5,9-10,12-17,19H2,1-4H3/t23-/m1/s1. The average Bonchev–Trinajstić information content (AvgIpc) is 3.42. The maximum Gasteiger partial charge on any atom is 0.410 e. The molecule has 0 aliphatic carbocycles. The number of fused-ring (bicyclic) bond motifs is 1. The van der Waals surface area contributed by atoms with E-state index in [1.165, 1.54) is 0 Å². The molecule has 0 bridgehead atoms. The lowest BCUT2D eigenvalue weighted by Crippen LogP contribution is -2.49. The van der Waals surface area contributed by atoms with E-state index >= 15 is 0 Å². The summed E-state index contributed by atoms with van der Waals surface area (Å²) in [7, 11) is 0. The fourth-order valence-corrected chi connectivity index (χ4v) is 5.84. The predicted molar refractivity (Wildman–Crippen MR) is 153 cm³/mol. The normalized spacial score (nSPS) is 18.9. The second kappa shape index (κ2) is 12.1. The van der Waals surface area contributed by atoms with Gasteiger partial charge in [0.15, 0.2) is 0 Å². The summed E-state index contributed by atoms with van der Waals surface area (Å²) in [4.78, 5) is 23.6. The van der Waals surface area contributed by atoms with Gasteiger partial charge in [0, 0.05) is 81.6 Å². The van der Waals surface area contributed by atoms with E-state index in [-0.39, 0.29) is 5.60 Å². The van der Waals surface area contributed by atoms with Crippen molar-refractivity contribution >= 4 is 17.3 Å². The van der Waals surface area contributed by atoms with Crippen LogP contribution in [0.1, 0.15) is 46.1 Å². The third-order valence-electron chi connectivity index (χ3n) is 8.23. The Morgan fingerprint density at radius 2 is 1.82 bits per heavy atom. The van der Waals surface area contributed by atoms with Crippen LogP contribution in [0.3, 0.4) is 0 Å². The van der Waals surface area contributed by atoms with Crippen molar-refractivity contribution in [2.45, 2.75) is 58.3 Å². The van der Waals surface area contributed by atoms with Crippen molar-refractivity contribution in [1.82, 2.24) is 24.4 Å². The number of halogens is 1. The number of aromatic nitrogens is 3. The molecule has 0 saturated carbocycles. The number of ether oxygens (including phenoxy) is 2. The molecular formula is C30H41FN6O3. The van der Waals surface area contributed by atoms with Gasteiger partial charge in [-0.2, -0.15) is 5.10 Å². The van der Waals surface area contributed by atoms with Gasteiger partial charge in [-0.05, 0) is 58.7 Å². The highest BCUT2D eigenvalue weighted by atomic mass is 19.1. The summed E-state index contributed by atoms with van der Waals surface area (Å²) in [5.41, 5.74) is 4.77. The molecule has 2 saturated heterocycles. The van der Waals surface area contributed by atoms with Gasteiger partial charge < -0.3 is 24.2 Å². The Labute approximate surface area is 235 Å². The number of pyridine rings is 1. The van der Waals surface area contributed by atoms with Crippen LogP contribution >= 0.6 is 0 Å². The van der Waals surface area contributed by atoms with Crippen molar-refractivity contribution in [3.63, 3.8) is 0 Å². The van der Waals surface area contributed by atoms with Gasteiger partial charge in [0.25, 0.3) is 0 Å². The van der Waals surface area contributed by atoms with Gasteiger partial charge in [-0.1, -0.05) is 6.07 Å². The maximum atomic E-state index is 12.7. The van der Waals surface area contributed by atoms with Gasteiger partial charge in [0.2, 0.25) is 0 Å². The van der Waals surface area contributed by atoms with Crippen molar-refractivity contribution < 1.29 is 18.7 Å². The minimum atomic E-state index is -0.727. The largest absolute Gasteiger partial charge is 0.444 e. The Hall–Kier alpha value is -3.24. The number of carbonyl (C=O) groups excluding carboxylic acids is 1. The molecule has 5 heterocycles. The Bertz CT molecular complexity index is 1280. The Morgan fingerprint density at radius 1 is 1.07 bits per heavy atom. The summed E-state index contributed by atoms with van der Waals surface area (Å²) < 4.78 is 26.1. The highest BCUT2D eigenvalue weighted by Gasteiger charge is 2.38. The molecule has 2 fully saturated rings. The molecule has 216 valence electrons. The SMILES string of the molecule is CCOC1(c2ccc(-c3cc4c(N5CCN(C(=O)O[C@H](C)CF)CC5)ccnn4c3)nc2)CCN(C(C)C)CC1. The molecule has 0 N–H and O–H groups in total. The number of piperazine rings is 1. The summed E-state index contributed by atoms with van der Waals surface area (Å²) in [5, 5.41) is 4.53. The summed E-state index contributed by atoms with van der Waals surface area (Å²) in [6.45, 7) is 12.5. The van der Waals surface area contributed by atoms with Gasteiger partial charge in [-0.3, -0.25) is 4.98 Å². The van der Waals surface area contributed by atoms with Crippen molar-refractivity contribution in [1.29, 1.82) is 0 Å². The molecule has 0 radical (unpaired) electrons. The van der Waals surface area contributed by atoms with E-state index in [4.69, 9.17) is 14.5 Å². The summed E-state index contributed by atoms with van der Waals surface area (Å²) >= 11 is 0. The lowest BCUT2D eigenvalue weighted by Gasteiger charge is -2.43. The van der Waals surface area contributed by atoms with Crippen molar-refractivity contribution in [2.24, 2.45) is 0 Å². The number of alkyl halides is 1. The number of hydrogen-bond acceptors (Lipinski definition) is 7. The Kier molecular flexibility index (Phi) is 8.56. The number of amides is 1. The number of hydrogen-bond donors (Lipinski definition) is 0. The Morgan fingerprint density at radius 3 is 2.45 bits per heavy atom. The summed E-state index contributed by atoms with van der Waals surface area (Å²) in [5.74, 6) is 0. The molecular weight excluding hydrogens is 511 g/mol. The number of nitrogens with zero attached hydrogens (tertiary/aromatic N) is 6. The Balaban J connectivity index is 1.31. The number of piperidine rings is 1. The monoisotopic (exact) mass is 552 g/mol. The third-order valence-corrected chi connectivity index (χ3v) is 8.23. The smallest absolute Gasteiger partial charge is 0.410 e. The molecule has 0 aromatic carbocycles. The first-order chi connectivity index (χ1) is 19.3. The summed E-state index contributed by atoms with van der Waals surface area (Å²) in [6, 6.07) is 8.92. The van der Waals surface area contributed by atoms with Crippen molar-refractivity contribution in [3.05, 3.63) is 48.4 Å². The minimum Gasteiger partial charge on any atom is -0.444 e. The number of carbonyl (C=O) groups is 1. The molecule has 9 nitrogen and oxygen atoms in total. The molecule has 2 aliphatic heterocycles. The number of rotatable bonds is 8. The fourth-order valence-electron chi connectivity index (χ4n) is 5.84. The highest BCUT2D eigenvalue weighted by molar-refractivity contribution is 5.79. The van der Waals surface area contributed by atoms with Gasteiger partial charge in [0.05, 0.1) is 22.5 Å². The number of likely N-dealkylation sites (tertiary alicyclic amines) is 1. The molecule has 1 amide bonds. The topological polar surface area (TPSA) is 75.4 Å². The van der Waals surface area contributed by atoms with Crippen LogP contribution in [0.25, 0.3) is 16.8 Å².